The van der Waals surface area contributed by atoms with Crippen LogP contribution in [-0.4, -0.2) is 18.5 Å². The van der Waals surface area contributed by atoms with E-state index in [0.717, 1.165) is 35.9 Å². The van der Waals surface area contributed by atoms with Crippen LogP contribution < -0.4 is 10.2 Å². The minimum absolute atomic E-state index is 0.0194. The molecule has 1 unspecified atom stereocenters. The Morgan fingerprint density at radius 2 is 1.89 bits per heavy atom. The van der Waals surface area contributed by atoms with E-state index in [0.29, 0.717) is 12.1 Å². The number of carbonyl (C=O) groups excluding carboxylic acids is 1. The molecular weight excluding hydrogens is 384 g/mol. The van der Waals surface area contributed by atoms with E-state index in [4.69, 9.17) is 11.6 Å². The van der Waals surface area contributed by atoms with Gasteiger partial charge in [-0.3, -0.25) is 4.79 Å². The third-order valence-electron chi connectivity index (χ3n) is 4.49. The second-order valence-electron chi connectivity index (χ2n) is 6.62. The summed E-state index contributed by atoms with van der Waals surface area (Å²) in [5, 5.41) is 2.48. The second-order valence-corrected chi connectivity index (χ2v) is 7.03. The summed E-state index contributed by atoms with van der Waals surface area (Å²) < 4.78 is 52.4. The van der Waals surface area contributed by atoms with Crippen LogP contribution in [-0.2, 0) is 17.5 Å². The number of halogens is 5. The molecule has 0 saturated heterocycles. The van der Waals surface area contributed by atoms with Crippen LogP contribution >= 0.6 is 11.6 Å². The van der Waals surface area contributed by atoms with Crippen molar-refractivity contribution in [1.82, 2.24) is 0 Å². The molecule has 2 N–H and O–H groups in total. The Bertz CT molecular complexity index is 837. The minimum atomic E-state index is -4.53. The molecule has 0 aromatic heterocycles. The Balaban J connectivity index is 1.69. The number of hydrogen-bond donors (Lipinski definition) is 2. The van der Waals surface area contributed by atoms with Crippen LogP contribution in [0.5, 0.6) is 0 Å². The van der Waals surface area contributed by atoms with E-state index in [1.807, 2.05) is 0 Å². The summed E-state index contributed by atoms with van der Waals surface area (Å²) in [5.41, 5.74) is -0.471. The van der Waals surface area contributed by atoms with E-state index < -0.39 is 17.6 Å². The van der Waals surface area contributed by atoms with Crippen LogP contribution in [0.3, 0.4) is 0 Å². The van der Waals surface area contributed by atoms with Crippen LogP contribution in [0.1, 0.15) is 24.0 Å². The Morgan fingerprint density at radius 1 is 1.19 bits per heavy atom. The lowest BCUT2D eigenvalue weighted by Gasteiger charge is -2.19. The third-order valence-corrected chi connectivity index (χ3v) is 4.82. The van der Waals surface area contributed by atoms with Crippen molar-refractivity contribution in [3.63, 3.8) is 0 Å². The molecule has 3 nitrogen and oxygen atoms in total. The summed E-state index contributed by atoms with van der Waals surface area (Å²) >= 11 is 5.91. The number of hydrogen-bond acceptors (Lipinski definition) is 1. The third kappa shape index (κ3) is 5.20. The first-order valence-electron chi connectivity index (χ1n) is 8.48. The van der Waals surface area contributed by atoms with E-state index in [-0.39, 0.29) is 29.1 Å². The Hall–Kier alpha value is -2.12. The molecule has 0 heterocycles. The zero-order chi connectivity index (χ0) is 19.6. The molecule has 0 spiro atoms. The van der Waals surface area contributed by atoms with Gasteiger partial charge in [0.1, 0.15) is 12.4 Å². The number of amides is 1. The van der Waals surface area contributed by atoms with Crippen LogP contribution in [0.4, 0.5) is 23.2 Å². The highest BCUT2D eigenvalue weighted by molar-refractivity contribution is 6.33. The smallest absolute Gasteiger partial charge is 0.321 e. The van der Waals surface area contributed by atoms with Crippen molar-refractivity contribution >= 4 is 23.2 Å². The normalized spacial score (nSPS) is 15.4. The SMILES string of the molecule is O=C(C[NH+](Cc1ccccc1F)C1CC1)Nc1cc(C(F)(F)F)ccc1Cl. The summed E-state index contributed by atoms with van der Waals surface area (Å²) in [5.74, 6) is -0.800. The van der Waals surface area contributed by atoms with Crippen molar-refractivity contribution in [3.05, 3.63) is 64.4 Å². The first-order chi connectivity index (χ1) is 12.7. The van der Waals surface area contributed by atoms with E-state index in [9.17, 15) is 22.4 Å². The summed E-state index contributed by atoms with van der Waals surface area (Å²) in [4.78, 5) is 13.3. The topological polar surface area (TPSA) is 33.5 Å². The lowest BCUT2D eigenvalue weighted by Crippen LogP contribution is -3.13. The van der Waals surface area contributed by atoms with Gasteiger partial charge in [-0.05, 0) is 24.3 Å². The number of nitrogens with one attached hydrogen (secondary N) is 2. The van der Waals surface area contributed by atoms with Crippen LogP contribution in [0.2, 0.25) is 5.02 Å². The highest BCUT2D eigenvalue weighted by Crippen LogP contribution is 2.33. The first-order valence-corrected chi connectivity index (χ1v) is 8.86. The van der Waals surface area contributed by atoms with Gasteiger partial charge in [-0.25, -0.2) is 4.39 Å². The maximum absolute atomic E-state index is 13.9. The summed E-state index contributed by atoms with van der Waals surface area (Å²) in [6.45, 7) is 0.354. The van der Waals surface area contributed by atoms with E-state index in [2.05, 4.69) is 5.32 Å². The fourth-order valence-electron chi connectivity index (χ4n) is 2.93. The molecule has 0 radical (unpaired) electrons. The molecule has 1 amide bonds. The Kier molecular flexibility index (Phi) is 5.72. The van der Waals surface area contributed by atoms with Crippen molar-refractivity contribution in [3.8, 4) is 0 Å². The molecule has 0 bridgehead atoms. The van der Waals surface area contributed by atoms with Gasteiger partial charge in [0.25, 0.3) is 5.91 Å². The van der Waals surface area contributed by atoms with E-state index in [1.165, 1.54) is 6.07 Å². The molecule has 1 aliphatic rings. The zero-order valence-corrected chi connectivity index (χ0v) is 15.0. The standard InChI is InChI=1S/C19H17ClF4N2O/c20-15-8-5-13(19(22,23)24)9-17(15)25-18(27)11-26(14-6-7-14)10-12-3-1-2-4-16(12)21/h1-5,8-9,14H,6-7,10-11H2,(H,25,27)/p+1. The molecular formula is C19H18ClF4N2O+. The lowest BCUT2D eigenvalue weighted by molar-refractivity contribution is -0.917. The summed E-state index contributed by atoms with van der Waals surface area (Å²) in [6, 6.07) is 9.37. The van der Waals surface area contributed by atoms with Gasteiger partial charge in [-0.2, -0.15) is 13.2 Å². The molecule has 0 aliphatic heterocycles. The van der Waals surface area contributed by atoms with Crippen molar-refractivity contribution in [1.29, 1.82) is 0 Å². The number of rotatable bonds is 6. The number of anilines is 1. The predicted octanol–water partition coefficient (Wildman–Crippen LogP) is 3.68. The van der Waals surface area contributed by atoms with Crippen molar-refractivity contribution in [2.45, 2.75) is 31.6 Å². The molecule has 144 valence electrons. The fourth-order valence-corrected chi connectivity index (χ4v) is 3.09. The Morgan fingerprint density at radius 3 is 2.52 bits per heavy atom. The van der Waals surface area contributed by atoms with Gasteiger partial charge in [-0.15, -0.1) is 0 Å². The van der Waals surface area contributed by atoms with Gasteiger partial charge >= 0.3 is 6.18 Å². The molecule has 2 aromatic carbocycles. The molecule has 1 saturated carbocycles. The van der Waals surface area contributed by atoms with E-state index >= 15 is 0 Å². The van der Waals surface area contributed by atoms with Crippen molar-refractivity contribution in [2.75, 3.05) is 11.9 Å². The van der Waals surface area contributed by atoms with Gasteiger partial charge in [0.2, 0.25) is 0 Å². The van der Waals surface area contributed by atoms with Crippen molar-refractivity contribution < 1.29 is 27.3 Å². The molecule has 8 heteroatoms. The average molecular weight is 402 g/mol. The molecule has 3 rings (SSSR count). The molecule has 1 aliphatic carbocycles. The Labute approximate surface area is 158 Å². The fraction of sp³-hybridized carbons (Fsp3) is 0.316. The predicted molar refractivity (Wildman–Crippen MR) is 94.0 cm³/mol. The second kappa shape index (κ2) is 7.86. The lowest BCUT2D eigenvalue weighted by atomic mass is 10.2. The molecule has 1 fully saturated rings. The number of alkyl halides is 3. The monoisotopic (exact) mass is 401 g/mol. The number of carbonyl (C=O) groups is 1. The van der Waals surface area contributed by atoms with Crippen molar-refractivity contribution in [2.24, 2.45) is 0 Å². The van der Waals surface area contributed by atoms with Crippen LogP contribution in [0.25, 0.3) is 0 Å². The summed E-state index contributed by atoms with van der Waals surface area (Å²) in [6.07, 6.45) is -2.66. The van der Waals surface area contributed by atoms with Gasteiger partial charge in [-0.1, -0.05) is 29.8 Å². The largest absolute Gasteiger partial charge is 0.416 e. The minimum Gasteiger partial charge on any atom is -0.321 e. The zero-order valence-electron chi connectivity index (χ0n) is 14.2. The number of quaternary nitrogens is 1. The first kappa shape index (κ1) is 19.6. The van der Waals surface area contributed by atoms with Gasteiger partial charge < -0.3 is 10.2 Å². The highest BCUT2D eigenvalue weighted by Gasteiger charge is 2.35. The molecule has 27 heavy (non-hydrogen) atoms. The molecule has 2 aromatic rings. The van der Waals surface area contributed by atoms with Crippen LogP contribution in [0.15, 0.2) is 42.5 Å². The maximum Gasteiger partial charge on any atom is 0.416 e. The summed E-state index contributed by atoms with van der Waals surface area (Å²) in [7, 11) is 0. The number of benzene rings is 2. The van der Waals surface area contributed by atoms with Gasteiger partial charge in [0, 0.05) is 18.4 Å². The quantitative estimate of drug-likeness (QED) is 0.711. The van der Waals surface area contributed by atoms with Crippen LogP contribution in [0, 0.1) is 5.82 Å². The highest BCUT2D eigenvalue weighted by atomic mass is 35.5. The van der Waals surface area contributed by atoms with E-state index in [1.54, 1.807) is 18.2 Å². The van der Waals surface area contributed by atoms with Gasteiger partial charge in [0.05, 0.1) is 22.3 Å². The maximum atomic E-state index is 13.9. The average Bonchev–Trinajstić information content (AvgIpc) is 3.42. The molecule has 1 atom stereocenters. The van der Waals surface area contributed by atoms with Gasteiger partial charge in [0.15, 0.2) is 6.54 Å².